The highest BCUT2D eigenvalue weighted by atomic mass is 16.5. The molecule has 9 nitrogen and oxygen atoms in total. The van der Waals surface area contributed by atoms with E-state index in [4.69, 9.17) is 9.15 Å². The Hall–Kier alpha value is -3.36. The molecule has 3 rings (SSSR count). The van der Waals surface area contributed by atoms with Crippen LogP contribution in [0, 0.1) is 6.92 Å². The van der Waals surface area contributed by atoms with Crippen LogP contribution in [0.4, 0.5) is 5.82 Å². The third-order valence-corrected chi connectivity index (χ3v) is 3.34. The number of nitrogens with zero attached hydrogens (tertiary/aromatic N) is 4. The highest BCUT2D eigenvalue weighted by molar-refractivity contribution is 5.94. The number of carbonyl (C=O) groups is 2. The molecule has 3 aromatic rings. The first-order valence-electron chi connectivity index (χ1n) is 7.55. The zero-order chi connectivity index (χ0) is 17.8. The van der Waals surface area contributed by atoms with Gasteiger partial charge >= 0.3 is 5.97 Å². The summed E-state index contributed by atoms with van der Waals surface area (Å²) in [6, 6.07) is 6.68. The molecule has 25 heavy (non-hydrogen) atoms. The fourth-order valence-corrected chi connectivity index (χ4v) is 2.23. The average molecular weight is 343 g/mol. The molecular formula is C16H17N5O4. The van der Waals surface area contributed by atoms with E-state index in [1.165, 1.54) is 10.7 Å². The van der Waals surface area contributed by atoms with Gasteiger partial charge in [-0.05, 0) is 25.1 Å². The molecule has 0 saturated heterocycles. The van der Waals surface area contributed by atoms with Crippen LogP contribution in [0.1, 0.15) is 22.0 Å². The molecule has 0 bridgehead atoms. The number of aromatic nitrogens is 4. The van der Waals surface area contributed by atoms with Crippen LogP contribution in [-0.4, -0.2) is 38.0 Å². The molecule has 0 fully saturated rings. The van der Waals surface area contributed by atoms with Gasteiger partial charge in [-0.25, -0.2) is 4.79 Å². The van der Waals surface area contributed by atoms with E-state index in [-0.39, 0.29) is 5.76 Å². The average Bonchev–Trinajstić information content (AvgIpc) is 3.29. The molecule has 130 valence electrons. The Morgan fingerprint density at radius 3 is 2.88 bits per heavy atom. The monoisotopic (exact) mass is 343 g/mol. The van der Waals surface area contributed by atoms with Gasteiger partial charge < -0.3 is 14.5 Å². The fourth-order valence-electron chi connectivity index (χ4n) is 2.23. The molecule has 0 aliphatic heterocycles. The maximum Gasteiger partial charge on any atom is 0.374 e. The number of esters is 1. The summed E-state index contributed by atoms with van der Waals surface area (Å²) in [6.07, 6.45) is 3.44. The molecule has 0 saturated carbocycles. The first-order valence-corrected chi connectivity index (χ1v) is 7.55. The SMILES string of the molecule is Cc1cc(NC(=O)COC(=O)c2ccc(Cn3cccn3)o2)n(C)n1. The summed E-state index contributed by atoms with van der Waals surface area (Å²) in [5.74, 6) is -0.0439. The van der Waals surface area contributed by atoms with Crippen LogP contribution >= 0.6 is 0 Å². The van der Waals surface area contributed by atoms with Gasteiger partial charge in [-0.2, -0.15) is 10.2 Å². The summed E-state index contributed by atoms with van der Waals surface area (Å²) in [5.41, 5.74) is 0.773. The van der Waals surface area contributed by atoms with Gasteiger partial charge in [0.1, 0.15) is 11.6 Å². The standard InChI is InChI=1S/C16H17N5O4/c1-11-8-14(20(2)19-11)18-15(22)10-24-16(23)13-5-4-12(25-13)9-21-7-3-6-17-21/h3-8H,9-10H2,1-2H3,(H,18,22). The summed E-state index contributed by atoms with van der Waals surface area (Å²) >= 11 is 0. The van der Waals surface area contributed by atoms with Gasteiger partial charge in [0.2, 0.25) is 5.76 Å². The van der Waals surface area contributed by atoms with Crippen molar-refractivity contribution < 1.29 is 18.7 Å². The van der Waals surface area contributed by atoms with Gasteiger partial charge in [-0.3, -0.25) is 14.2 Å². The summed E-state index contributed by atoms with van der Waals surface area (Å²) in [7, 11) is 1.71. The molecule has 3 heterocycles. The smallest absolute Gasteiger partial charge is 0.374 e. The van der Waals surface area contributed by atoms with Gasteiger partial charge in [-0.15, -0.1) is 0 Å². The molecular weight excluding hydrogens is 326 g/mol. The van der Waals surface area contributed by atoms with Crippen LogP contribution < -0.4 is 5.32 Å². The third kappa shape index (κ3) is 4.14. The minimum Gasteiger partial charge on any atom is -0.452 e. The second kappa shape index (κ2) is 7.04. The number of anilines is 1. The summed E-state index contributed by atoms with van der Waals surface area (Å²) < 4.78 is 13.6. The second-order valence-electron chi connectivity index (χ2n) is 5.39. The van der Waals surface area contributed by atoms with Crippen LogP contribution in [-0.2, 0) is 23.1 Å². The van der Waals surface area contributed by atoms with Crippen LogP contribution in [0.5, 0.6) is 0 Å². The van der Waals surface area contributed by atoms with E-state index in [1.54, 1.807) is 42.3 Å². The summed E-state index contributed by atoms with van der Waals surface area (Å²) in [4.78, 5) is 23.8. The molecule has 1 amide bonds. The first kappa shape index (κ1) is 16.5. The Morgan fingerprint density at radius 2 is 2.20 bits per heavy atom. The zero-order valence-electron chi connectivity index (χ0n) is 13.8. The summed E-state index contributed by atoms with van der Waals surface area (Å²) in [6.45, 7) is 1.80. The van der Waals surface area contributed by atoms with Gasteiger partial charge in [0, 0.05) is 25.5 Å². The molecule has 1 N–H and O–H groups in total. The molecule has 0 aliphatic carbocycles. The number of rotatable bonds is 6. The van der Waals surface area contributed by atoms with Crippen molar-refractivity contribution in [2.24, 2.45) is 7.05 Å². The van der Waals surface area contributed by atoms with E-state index in [9.17, 15) is 9.59 Å². The topological polar surface area (TPSA) is 104 Å². The maximum absolute atomic E-state index is 12.0. The highest BCUT2D eigenvalue weighted by Crippen LogP contribution is 2.11. The highest BCUT2D eigenvalue weighted by Gasteiger charge is 2.15. The molecule has 0 aromatic carbocycles. The van der Waals surface area contributed by atoms with Crippen LogP contribution in [0.2, 0.25) is 0 Å². The number of hydrogen-bond acceptors (Lipinski definition) is 6. The quantitative estimate of drug-likeness (QED) is 0.678. The molecule has 9 heteroatoms. The van der Waals surface area contributed by atoms with Gasteiger partial charge in [-0.1, -0.05) is 0 Å². The lowest BCUT2D eigenvalue weighted by Crippen LogP contribution is -2.22. The number of carbonyl (C=O) groups excluding carboxylic acids is 2. The predicted octanol–water partition coefficient (Wildman–Crippen LogP) is 1.36. The van der Waals surface area contributed by atoms with Crippen LogP contribution in [0.3, 0.4) is 0 Å². The third-order valence-electron chi connectivity index (χ3n) is 3.34. The Morgan fingerprint density at radius 1 is 1.36 bits per heavy atom. The molecule has 3 aromatic heterocycles. The largest absolute Gasteiger partial charge is 0.452 e. The van der Waals surface area contributed by atoms with Crippen LogP contribution in [0.25, 0.3) is 0 Å². The maximum atomic E-state index is 12.0. The predicted molar refractivity (Wildman–Crippen MR) is 86.9 cm³/mol. The fraction of sp³-hybridized carbons (Fsp3) is 0.250. The van der Waals surface area contributed by atoms with Crippen molar-refractivity contribution in [3.8, 4) is 0 Å². The number of amides is 1. The van der Waals surface area contributed by atoms with Crippen molar-refractivity contribution in [2.75, 3.05) is 11.9 Å². The molecule has 0 spiro atoms. The Kier molecular flexibility index (Phi) is 4.64. The molecule has 0 aliphatic rings. The van der Waals surface area contributed by atoms with Crippen molar-refractivity contribution in [1.29, 1.82) is 0 Å². The van der Waals surface area contributed by atoms with Crippen molar-refractivity contribution in [1.82, 2.24) is 19.6 Å². The van der Waals surface area contributed by atoms with Gasteiger partial charge in [0.15, 0.2) is 6.61 Å². The van der Waals surface area contributed by atoms with E-state index in [0.717, 1.165) is 5.69 Å². The normalized spacial score (nSPS) is 10.6. The first-order chi connectivity index (χ1) is 12.0. The minimum absolute atomic E-state index is 0.0336. The number of aryl methyl sites for hydroxylation is 2. The zero-order valence-corrected chi connectivity index (χ0v) is 13.8. The van der Waals surface area contributed by atoms with Crippen molar-refractivity contribution in [3.63, 3.8) is 0 Å². The van der Waals surface area contributed by atoms with E-state index in [0.29, 0.717) is 18.1 Å². The number of nitrogens with one attached hydrogen (secondary N) is 1. The Balaban J connectivity index is 1.51. The minimum atomic E-state index is -0.706. The number of ether oxygens (including phenoxy) is 1. The van der Waals surface area contributed by atoms with Crippen molar-refractivity contribution in [2.45, 2.75) is 13.5 Å². The lowest BCUT2D eigenvalue weighted by molar-refractivity contribution is -0.119. The van der Waals surface area contributed by atoms with Gasteiger partial charge in [0.25, 0.3) is 5.91 Å². The van der Waals surface area contributed by atoms with E-state index < -0.39 is 18.5 Å². The van der Waals surface area contributed by atoms with Crippen molar-refractivity contribution in [3.05, 3.63) is 53.9 Å². The lowest BCUT2D eigenvalue weighted by atomic mass is 10.4. The van der Waals surface area contributed by atoms with E-state index >= 15 is 0 Å². The lowest BCUT2D eigenvalue weighted by Gasteiger charge is -2.05. The molecule has 0 atom stereocenters. The molecule has 0 radical (unpaired) electrons. The molecule has 0 unspecified atom stereocenters. The van der Waals surface area contributed by atoms with Gasteiger partial charge in [0.05, 0.1) is 12.2 Å². The Bertz CT molecular complexity index is 878. The van der Waals surface area contributed by atoms with Crippen molar-refractivity contribution >= 4 is 17.7 Å². The van der Waals surface area contributed by atoms with E-state index in [1.807, 2.05) is 6.92 Å². The number of hydrogen-bond donors (Lipinski definition) is 1. The second-order valence-corrected chi connectivity index (χ2v) is 5.39. The Labute approximate surface area is 143 Å². The summed E-state index contributed by atoms with van der Waals surface area (Å²) in [5, 5.41) is 10.8. The van der Waals surface area contributed by atoms with Crippen LogP contribution in [0.15, 0.2) is 41.1 Å². The van der Waals surface area contributed by atoms with E-state index in [2.05, 4.69) is 15.5 Å². The number of furan rings is 1.